The minimum absolute atomic E-state index is 0.143. The van der Waals surface area contributed by atoms with Crippen LogP contribution in [0.3, 0.4) is 0 Å². The lowest BCUT2D eigenvalue weighted by molar-refractivity contribution is -0.123. The van der Waals surface area contributed by atoms with Crippen molar-refractivity contribution >= 4 is 28.8 Å². The number of thiazole rings is 1. The summed E-state index contributed by atoms with van der Waals surface area (Å²) in [5, 5.41) is 4.05. The van der Waals surface area contributed by atoms with Gasteiger partial charge in [0.1, 0.15) is 10.9 Å². The van der Waals surface area contributed by atoms with E-state index in [1.807, 2.05) is 75.4 Å². The number of hydrogen-bond donors (Lipinski definition) is 1. The second-order valence-corrected chi connectivity index (χ2v) is 9.66. The lowest BCUT2D eigenvalue weighted by atomic mass is 10.0. The standard InChI is InChI=1S/C26H29N3O2S/c1-17-13-15-22(16-14-17)29(26(31)24-18(2)27-19(3)32-24)23(20-9-5-4-6-10-20)25(30)28-21-11-7-8-12-21/h4-6,9-10,13-16,21,23H,7-8,11-12H2,1-3H3,(H,28,30). The van der Waals surface area contributed by atoms with Gasteiger partial charge in [-0.15, -0.1) is 11.3 Å². The van der Waals surface area contributed by atoms with Crippen molar-refractivity contribution in [2.24, 2.45) is 0 Å². The number of aryl methyl sites for hydroxylation is 3. The Hall–Kier alpha value is -2.99. The average molecular weight is 448 g/mol. The normalized spacial score (nSPS) is 14.8. The molecule has 1 N–H and O–H groups in total. The fourth-order valence-electron chi connectivity index (χ4n) is 4.33. The van der Waals surface area contributed by atoms with Crippen molar-refractivity contribution in [1.29, 1.82) is 0 Å². The fourth-order valence-corrected chi connectivity index (χ4v) is 5.19. The van der Waals surface area contributed by atoms with Gasteiger partial charge in [-0.3, -0.25) is 14.5 Å². The van der Waals surface area contributed by atoms with Crippen LogP contribution in [-0.4, -0.2) is 22.8 Å². The third-order valence-corrected chi connectivity index (χ3v) is 7.01. The largest absolute Gasteiger partial charge is 0.351 e. The van der Waals surface area contributed by atoms with Gasteiger partial charge in [0.2, 0.25) is 5.91 Å². The van der Waals surface area contributed by atoms with Gasteiger partial charge in [0.25, 0.3) is 5.91 Å². The predicted octanol–water partition coefficient (Wildman–Crippen LogP) is 5.52. The summed E-state index contributed by atoms with van der Waals surface area (Å²) in [6.07, 6.45) is 4.22. The van der Waals surface area contributed by atoms with E-state index in [9.17, 15) is 9.59 Å². The van der Waals surface area contributed by atoms with Crippen LogP contribution in [0.15, 0.2) is 54.6 Å². The molecule has 1 aliphatic rings. The third kappa shape index (κ3) is 4.75. The molecule has 0 saturated heterocycles. The number of nitrogens with one attached hydrogen (secondary N) is 1. The summed E-state index contributed by atoms with van der Waals surface area (Å²) in [5.74, 6) is -0.344. The van der Waals surface area contributed by atoms with Gasteiger partial charge >= 0.3 is 0 Å². The SMILES string of the molecule is Cc1ccc(N(C(=O)c2sc(C)nc2C)C(C(=O)NC2CCCC2)c2ccccc2)cc1. The number of benzene rings is 2. The first-order valence-electron chi connectivity index (χ1n) is 11.1. The summed E-state index contributed by atoms with van der Waals surface area (Å²) in [6, 6.07) is 16.7. The summed E-state index contributed by atoms with van der Waals surface area (Å²) < 4.78 is 0. The first-order valence-corrected chi connectivity index (χ1v) is 12.0. The summed E-state index contributed by atoms with van der Waals surface area (Å²) in [7, 11) is 0. The Balaban J connectivity index is 1.81. The maximum Gasteiger partial charge on any atom is 0.271 e. The fraction of sp³-hybridized carbons (Fsp3) is 0.346. The van der Waals surface area contributed by atoms with Crippen LogP contribution in [-0.2, 0) is 4.79 Å². The first kappa shape index (κ1) is 22.2. The number of aromatic nitrogens is 1. The van der Waals surface area contributed by atoms with Crippen LogP contribution in [0.1, 0.15) is 63.2 Å². The van der Waals surface area contributed by atoms with E-state index in [0.29, 0.717) is 16.3 Å². The number of anilines is 1. The van der Waals surface area contributed by atoms with Crippen LogP contribution in [0.2, 0.25) is 0 Å². The van der Waals surface area contributed by atoms with Crippen molar-refractivity contribution < 1.29 is 9.59 Å². The van der Waals surface area contributed by atoms with E-state index in [0.717, 1.165) is 41.8 Å². The van der Waals surface area contributed by atoms with Crippen molar-refractivity contribution in [2.45, 2.75) is 58.5 Å². The van der Waals surface area contributed by atoms with E-state index in [-0.39, 0.29) is 17.9 Å². The molecular weight excluding hydrogens is 418 g/mol. The molecule has 5 nitrogen and oxygen atoms in total. The molecule has 1 fully saturated rings. The number of carbonyl (C=O) groups excluding carboxylic acids is 2. The number of rotatable bonds is 6. The van der Waals surface area contributed by atoms with Crippen molar-refractivity contribution in [2.75, 3.05) is 4.90 Å². The molecule has 166 valence electrons. The third-order valence-electron chi connectivity index (χ3n) is 5.95. The number of nitrogens with zero attached hydrogens (tertiary/aromatic N) is 2. The Bertz CT molecular complexity index is 1090. The summed E-state index contributed by atoms with van der Waals surface area (Å²) in [5.41, 5.74) is 3.27. The molecule has 1 aliphatic carbocycles. The highest BCUT2D eigenvalue weighted by atomic mass is 32.1. The van der Waals surface area contributed by atoms with Gasteiger partial charge < -0.3 is 5.32 Å². The lowest BCUT2D eigenvalue weighted by Gasteiger charge is -2.32. The van der Waals surface area contributed by atoms with E-state index in [1.54, 1.807) is 4.90 Å². The number of hydrogen-bond acceptors (Lipinski definition) is 4. The number of amides is 2. The van der Waals surface area contributed by atoms with Gasteiger partial charge in [-0.1, -0.05) is 60.9 Å². The van der Waals surface area contributed by atoms with Gasteiger partial charge in [0.05, 0.1) is 10.7 Å². The second-order valence-electron chi connectivity index (χ2n) is 8.46. The molecule has 6 heteroatoms. The molecule has 1 unspecified atom stereocenters. The molecule has 3 aromatic rings. The molecule has 0 aliphatic heterocycles. The van der Waals surface area contributed by atoms with Crippen LogP contribution in [0.5, 0.6) is 0 Å². The highest BCUT2D eigenvalue weighted by Gasteiger charge is 2.36. The molecule has 1 atom stereocenters. The zero-order valence-electron chi connectivity index (χ0n) is 18.8. The Kier molecular flexibility index (Phi) is 6.70. The molecule has 32 heavy (non-hydrogen) atoms. The molecule has 0 radical (unpaired) electrons. The molecule has 0 spiro atoms. The second kappa shape index (κ2) is 9.65. The molecule has 2 amide bonds. The highest BCUT2D eigenvalue weighted by molar-refractivity contribution is 7.13. The molecule has 2 aromatic carbocycles. The van der Waals surface area contributed by atoms with Crippen LogP contribution in [0, 0.1) is 20.8 Å². The Morgan fingerprint density at radius 3 is 2.25 bits per heavy atom. The van der Waals surface area contributed by atoms with Gasteiger partial charge in [0, 0.05) is 11.7 Å². The van der Waals surface area contributed by atoms with E-state index in [1.165, 1.54) is 11.3 Å². The van der Waals surface area contributed by atoms with Crippen molar-refractivity contribution in [1.82, 2.24) is 10.3 Å². The molecule has 0 bridgehead atoms. The Labute approximate surface area is 193 Å². The van der Waals surface area contributed by atoms with Crippen LogP contribution >= 0.6 is 11.3 Å². The van der Waals surface area contributed by atoms with Crippen LogP contribution < -0.4 is 10.2 Å². The molecule has 1 aromatic heterocycles. The topological polar surface area (TPSA) is 62.3 Å². The zero-order valence-corrected chi connectivity index (χ0v) is 19.6. The Morgan fingerprint density at radius 1 is 1.00 bits per heavy atom. The summed E-state index contributed by atoms with van der Waals surface area (Å²) >= 11 is 1.37. The quantitative estimate of drug-likeness (QED) is 0.542. The van der Waals surface area contributed by atoms with Crippen molar-refractivity contribution in [3.63, 3.8) is 0 Å². The molecule has 1 heterocycles. The predicted molar refractivity (Wildman–Crippen MR) is 129 cm³/mol. The zero-order chi connectivity index (χ0) is 22.7. The minimum atomic E-state index is -0.770. The first-order chi connectivity index (χ1) is 15.4. The van der Waals surface area contributed by atoms with E-state index < -0.39 is 6.04 Å². The van der Waals surface area contributed by atoms with Crippen LogP contribution in [0.25, 0.3) is 0 Å². The maximum atomic E-state index is 13.9. The minimum Gasteiger partial charge on any atom is -0.351 e. The van der Waals surface area contributed by atoms with E-state index >= 15 is 0 Å². The average Bonchev–Trinajstić information content (AvgIpc) is 3.41. The molecule has 1 saturated carbocycles. The van der Waals surface area contributed by atoms with Gasteiger partial charge in [-0.05, 0) is 51.3 Å². The monoisotopic (exact) mass is 447 g/mol. The van der Waals surface area contributed by atoms with Gasteiger partial charge in [-0.2, -0.15) is 0 Å². The molecular formula is C26H29N3O2S. The van der Waals surface area contributed by atoms with E-state index in [4.69, 9.17) is 0 Å². The van der Waals surface area contributed by atoms with Gasteiger partial charge in [-0.25, -0.2) is 4.98 Å². The Morgan fingerprint density at radius 2 is 1.66 bits per heavy atom. The highest BCUT2D eigenvalue weighted by Crippen LogP contribution is 2.32. The summed E-state index contributed by atoms with van der Waals surface area (Å²) in [4.78, 5) is 34.3. The van der Waals surface area contributed by atoms with Crippen LogP contribution in [0.4, 0.5) is 5.69 Å². The number of carbonyl (C=O) groups is 2. The molecule has 4 rings (SSSR count). The maximum absolute atomic E-state index is 13.9. The van der Waals surface area contributed by atoms with Crippen molar-refractivity contribution in [3.05, 3.63) is 81.3 Å². The van der Waals surface area contributed by atoms with Crippen molar-refractivity contribution in [3.8, 4) is 0 Å². The smallest absolute Gasteiger partial charge is 0.271 e. The van der Waals surface area contributed by atoms with E-state index in [2.05, 4.69) is 10.3 Å². The summed E-state index contributed by atoms with van der Waals surface area (Å²) in [6.45, 7) is 5.75. The van der Waals surface area contributed by atoms with Gasteiger partial charge in [0.15, 0.2) is 0 Å². The lowest BCUT2D eigenvalue weighted by Crippen LogP contribution is -2.46.